The van der Waals surface area contributed by atoms with E-state index in [1.54, 1.807) is 0 Å². The van der Waals surface area contributed by atoms with E-state index in [0.29, 0.717) is 0 Å². The normalized spacial score (nSPS) is 10.0. The maximum atomic E-state index is 3.89. The largest absolute Gasteiger partial charge is 0.314 e. The van der Waals surface area contributed by atoms with Gasteiger partial charge >= 0.3 is 0 Å². The number of hydrogen-bond acceptors (Lipinski definition) is 2. The quantitative estimate of drug-likeness (QED) is 0.727. The monoisotopic (exact) mass is 189 g/mol. The number of hydrogen-bond donors (Lipinski definition) is 2. The molecule has 1 aromatic heterocycles. The molecule has 0 radical (unpaired) electrons. The summed E-state index contributed by atoms with van der Waals surface area (Å²) >= 11 is 3.23. The van der Waals surface area contributed by atoms with Crippen molar-refractivity contribution in [2.75, 3.05) is 7.05 Å². The molecule has 0 amide bonds. The molecule has 1 heterocycles. The maximum absolute atomic E-state index is 3.89. The Kier molecular flexibility index (Phi) is 2.24. The number of nitrogens with zero attached hydrogens (tertiary/aromatic N) is 1. The second-order valence-corrected chi connectivity index (χ2v) is 2.56. The van der Waals surface area contributed by atoms with Crippen molar-refractivity contribution < 1.29 is 0 Å². The molecule has 50 valence electrons. The van der Waals surface area contributed by atoms with E-state index in [9.17, 15) is 0 Å². The fraction of sp³-hybridized carbons (Fsp3) is 0.400. The third-order valence-corrected chi connectivity index (χ3v) is 1.37. The van der Waals surface area contributed by atoms with Gasteiger partial charge in [0.25, 0.3) is 0 Å². The van der Waals surface area contributed by atoms with E-state index in [0.717, 1.165) is 16.8 Å². The van der Waals surface area contributed by atoms with Gasteiger partial charge in [0, 0.05) is 6.54 Å². The fourth-order valence-electron chi connectivity index (χ4n) is 0.615. The Morgan fingerprint density at radius 1 is 1.89 bits per heavy atom. The lowest BCUT2D eigenvalue weighted by Crippen LogP contribution is -2.04. The van der Waals surface area contributed by atoms with Gasteiger partial charge < -0.3 is 5.32 Å². The molecule has 0 spiro atoms. The zero-order chi connectivity index (χ0) is 6.69. The van der Waals surface area contributed by atoms with E-state index >= 15 is 0 Å². The van der Waals surface area contributed by atoms with Gasteiger partial charge in [-0.15, -0.1) is 0 Å². The average molecular weight is 190 g/mol. The molecule has 1 rings (SSSR count). The SMILES string of the molecule is CNCc1cc(Br)n[nH]1. The second kappa shape index (κ2) is 2.98. The lowest BCUT2D eigenvalue weighted by Gasteiger charge is -1.89. The van der Waals surface area contributed by atoms with Gasteiger partial charge in [0.2, 0.25) is 0 Å². The Bertz CT molecular complexity index is 184. The van der Waals surface area contributed by atoms with Crippen LogP contribution in [0.15, 0.2) is 10.7 Å². The van der Waals surface area contributed by atoms with Crippen LogP contribution < -0.4 is 5.32 Å². The lowest BCUT2D eigenvalue weighted by molar-refractivity contribution is 0.784. The van der Waals surface area contributed by atoms with Crippen LogP contribution in [0.1, 0.15) is 5.69 Å². The minimum absolute atomic E-state index is 0.832. The van der Waals surface area contributed by atoms with Crippen LogP contribution in [0, 0.1) is 0 Å². The summed E-state index contributed by atoms with van der Waals surface area (Å²) in [5, 5.41) is 9.74. The number of nitrogens with one attached hydrogen (secondary N) is 2. The fourth-order valence-corrected chi connectivity index (χ4v) is 0.980. The molecule has 0 aromatic carbocycles. The Morgan fingerprint density at radius 2 is 2.67 bits per heavy atom. The first kappa shape index (κ1) is 6.77. The summed E-state index contributed by atoms with van der Waals surface area (Å²) in [6, 6.07) is 1.94. The predicted molar refractivity (Wildman–Crippen MR) is 39.1 cm³/mol. The molecule has 1 aromatic rings. The average Bonchev–Trinajstić information content (AvgIpc) is 2.17. The van der Waals surface area contributed by atoms with Crippen molar-refractivity contribution in [2.24, 2.45) is 0 Å². The highest BCUT2D eigenvalue weighted by molar-refractivity contribution is 9.10. The van der Waals surface area contributed by atoms with Crippen LogP contribution in [0.4, 0.5) is 0 Å². The Hall–Kier alpha value is -0.350. The van der Waals surface area contributed by atoms with Gasteiger partial charge in [0.1, 0.15) is 4.60 Å². The summed E-state index contributed by atoms with van der Waals surface area (Å²) in [6.07, 6.45) is 0. The van der Waals surface area contributed by atoms with Gasteiger partial charge in [-0.3, -0.25) is 5.10 Å². The molecule has 4 heteroatoms. The lowest BCUT2D eigenvalue weighted by atomic mass is 10.4. The summed E-state index contributed by atoms with van der Waals surface area (Å²) in [7, 11) is 1.90. The molecular formula is C5H8BrN3. The second-order valence-electron chi connectivity index (χ2n) is 1.75. The summed E-state index contributed by atoms with van der Waals surface area (Å²) in [5.74, 6) is 0. The van der Waals surface area contributed by atoms with Crippen LogP contribution in [0.5, 0.6) is 0 Å². The van der Waals surface area contributed by atoms with Crippen molar-refractivity contribution in [3.8, 4) is 0 Å². The van der Waals surface area contributed by atoms with E-state index in [1.807, 2.05) is 13.1 Å². The standard InChI is InChI=1S/C5H8BrN3/c1-7-3-4-2-5(6)9-8-4/h2,7H,3H2,1H3,(H,8,9). The molecular weight excluding hydrogens is 182 g/mol. The zero-order valence-electron chi connectivity index (χ0n) is 5.11. The van der Waals surface area contributed by atoms with E-state index in [-0.39, 0.29) is 0 Å². The summed E-state index contributed by atoms with van der Waals surface area (Å²) < 4.78 is 0.854. The molecule has 3 nitrogen and oxygen atoms in total. The highest BCUT2D eigenvalue weighted by Crippen LogP contribution is 2.05. The molecule has 0 aliphatic rings. The van der Waals surface area contributed by atoms with Crippen LogP contribution in [0.3, 0.4) is 0 Å². The van der Waals surface area contributed by atoms with Crippen molar-refractivity contribution in [1.82, 2.24) is 15.5 Å². The molecule has 0 aliphatic carbocycles. The summed E-state index contributed by atoms with van der Waals surface area (Å²) in [6.45, 7) is 0.832. The van der Waals surface area contributed by atoms with E-state index in [1.165, 1.54) is 0 Å². The molecule has 0 atom stereocenters. The molecule has 2 N–H and O–H groups in total. The minimum Gasteiger partial charge on any atom is -0.314 e. The topological polar surface area (TPSA) is 40.7 Å². The Morgan fingerprint density at radius 3 is 3.11 bits per heavy atom. The van der Waals surface area contributed by atoms with E-state index in [4.69, 9.17) is 0 Å². The Labute approximate surface area is 62.0 Å². The van der Waals surface area contributed by atoms with Gasteiger partial charge in [-0.2, -0.15) is 5.10 Å². The van der Waals surface area contributed by atoms with Crippen molar-refractivity contribution in [3.63, 3.8) is 0 Å². The maximum Gasteiger partial charge on any atom is 0.128 e. The van der Waals surface area contributed by atoms with Gasteiger partial charge in [-0.1, -0.05) is 0 Å². The smallest absolute Gasteiger partial charge is 0.128 e. The third-order valence-electron chi connectivity index (χ3n) is 0.967. The summed E-state index contributed by atoms with van der Waals surface area (Å²) in [4.78, 5) is 0. The van der Waals surface area contributed by atoms with Crippen LogP contribution in [-0.4, -0.2) is 17.2 Å². The van der Waals surface area contributed by atoms with Crippen molar-refractivity contribution in [2.45, 2.75) is 6.54 Å². The third kappa shape index (κ3) is 1.80. The van der Waals surface area contributed by atoms with Gasteiger partial charge in [0.15, 0.2) is 0 Å². The van der Waals surface area contributed by atoms with E-state index in [2.05, 4.69) is 31.4 Å². The summed E-state index contributed by atoms with van der Waals surface area (Å²) in [5.41, 5.74) is 1.09. The molecule has 9 heavy (non-hydrogen) atoms. The zero-order valence-corrected chi connectivity index (χ0v) is 6.70. The van der Waals surface area contributed by atoms with Crippen LogP contribution in [0.2, 0.25) is 0 Å². The van der Waals surface area contributed by atoms with Crippen molar-refractivity contribution in [1.29, 1.82) is 0 Å². The van der Waals surface area contributed by atoms with E-state index < -0.39 is 0 Å². The van der Waals surface area contributed by atoms with Gasteiger partial charge in [-0.25, -0.2) is 0 Å². The molecule has 0 unspecified atom stereocenters. The molecule has 0 bridgehead atoms. The Balaban J connectivity index is 2.61. The molecule has 0 fully saturated rings. The number of aromatic nitrogens is 2. The molecule has 0 saturated heterocycles. The van der Waals surface area contributed by atoms with Gasteiger partial charge in [0.05, 0.1) is 5.69 Å². The van der Waals surface area contributed by atoms with Crippen LogP contribution >= 0.6 is 15.9 Å². The first-order valence-electron chi connectivity index (χ1n) is 2.67. The molecule has 0 aliphatic heterocycles. The first-order valence-corrected chi connectivity index (χ1v) is 3.46. The number of H-pyrrole nitrogens is 1. The minimum atomic E-state index is 0.832. The van der Waals surface area contributed by atoms with Crippen molar-refractivity contribution >= 4 is 15.9 Å². The number of halogens is 1. The highest BCUT2D eigenvalue weighted by Gasteiger charge is 1.93. The highest BCUT2D eigenvalue weighted by atomic mass is 79.9. The van der Waals surface area contributed by atoms with Crippen molar-refractivity contribution in [3.05, 3.63) is 16.4 Å². The van der Waals surface area contributed by atoms with Crippen LogP contribution in [-0.2, 0) is 6.54 Å². The number of rotatable bonds is 2. The molecule has 0 saturated carbocycles. The number of aromatic amines is 1. The van der Waals surface area contributed by atoms with Crippen LogP contribution in [0.25, 0.3) is 0 Å². The first-order chi connectivity index (χ1) is 4.33. The predicted octanol–water partition coefficient (Wildman–Crippen LogP) is 0.892. The van der Waals surface area contributed by atoms with Gasteiger partial charge in [-0.05, 0) is 29.0 Å².